The van der Waals surface area contributed by atoms with Gasteiger partial charge in [-0.15, -0.1) is 0 Å². The molecule has 7 nitrogen and oxygen atoms in total. The van der Waals surface area contributed by atoms with Gasteiger partial charge in [-0.05, 0) is 59.3 Å². The first kappa shape index (κ1) is 23.3. The van der Waals surface area contributed by atoms with Crippen molar-refractivity contribution in [2.75, 3.05) is 5.32 Å². The lowest BCUT2D eigenvalue weighted by Gasteiger charge is -2.62. The van der Waals surface area contributed by atoms with Gasteiger partial charge < -0.3 is 10.6 Å². The summed E-state index contributed by atoms with van der Waals surface area (Å²) in [6.07, 6.45) is 7.47. The first-order valence-electron chi connectivity index (χ1n) is 12.4. The average Bonchev–Trinajstić information content (AvgIpc) is 2.86. The van der Waals surface area contributed by atoms with E-state index in [1.807, 2.05) is 42.5 Å². The summed E-state index contributed by atoms with van der Waals surface area (Å²) in [4.78, 5) is 30.1. The van der Waals surface area contributed by atoms with Crippen molar-refractivity contribution >= 4 is 11.6 Å². The first-order chi connectivity index (χ1) is 16.8. The number of carbonyl (C=O) groups is 1. The molecule has 0 spiro atoms. The maximum Gasteiger partial charge on any atom is 0.277 e. The molecule has 1 aromatic carbocycles. The number of aromatic nitrogens is 3. The largest absolute Gasteiger partial charge is 0.380 e. The molecule has 3 saturated carbocycles. The van der Waals surface area contributed by atoms with Crippen LogP contribution in [-0.4, -0.2) is 26.7 Å². The summed E-state index contributed by atoms with van der Waals surface area (Å²) < 4.78 is 1.25. The van der Waals surface area contributed by atoms with Crippen LogP contribution < -0.4 is 16.2 Å². The van der Waals surface area contributed by atoms with Crippen LogP contribution in [0.25, 0.3) is 11.1 Å². The Morgan fingerprint density at radius 1 is 1.11 bits per heavy atom. The first-order valence-corrected chi connectivity index (χ1v) is 12.4. The molecule has 35 heavy (non-hydrogen) atoms. The molecule has 0 unspecified atom stereocenters. The molecule has 2 heterocycles. The molecule has 182 valence electrons. The van der Waals surface area contributed by atoms with Gasteiger partial charge in [0.2, 0.25) is 5.91 Å². The van der Waals surface area contributed by atoms with E-state index in [9.17, 15) is 9.59 Å². The number of hydrogen-bond donors (Lipinski definition) is 2. The molecule has 3 aliphatic rings. The smallest absolute Gasteiger partial charge is 0.277 e. The zero-order valence-electron chi connectivity index (χ0n) is 20.6. The Bertz CT molecular complexity index is 1260. The second kappa shape index (κ2) is 9.29. The minimum absolute atomic E-state index is 0.137. The van der Waals surface area contributed by atoms with Gasteiger partial charge in [0.05, 0.1) is 17.4 Å². The molecule has 1 amide bonds. The van der Waals surface area contributed by atoms with Crippen molar-refractivity contribution in [2.45, 2.75) is 52.7 Å². The Morgan fingerprint density at radius 2 is 1.86 bits per heavy atom. The van der Waals surface area contributed by atoms with Crippen LogP contribution in [0.2, 0.25) is 0 Å². The third-order valence-electron chi connectivity index (χ3n) is 8.33. The summed E-state index contributed by atoms with van der Waals surface area (Å²) in [6, 6.07) is 13.6. The molecular weight excluding hydrogens is 438 g/mol. The fourth-order valence-electron chi connectivity index (χ4n) is 6.03. The Kier molecular flexibility index (Phi) is 6.17. The molecule has 2 bridgehead atoms. The van der Waals surface area contributed by atoms with Crippen LogP contribution in [0.1, 0.15) is 39.2 Å². The van der Waals surface area contributed by atoms with Crippen LogP contribution in [0, 0.1) is 23.2 Å². The molecule has 2 N–H and O–H groups in total. The molecule has 6 rings (SSSR count). The summed E-state index contributed by atoms with van der Waals surface area (Å²) in [5.74, 6) is 1.65. The Morgan fingerprint density at radius 3 is 2.54 bits per heavy atom. The van der Waals surface area contributed by atoms with Crippen LogP contribution in [0.5, 0.6) is 0 Å². The Balaban J connectivity index is 1.38. The van der Waals surface area contributed by atoms with Gasteiger partial charge in [-0.1, -0.05) is 51.1 Å². The topological polar surface area (TPSA) is 88.9 Å². The molecule has 0 saturated heterocycles. The maximum atomic E-state index is 13.6. The normalized spacial score (nSPS) is 24.3. The number of anilines is 1. The van der Waals surface area contributed by atoms with Gasteiger partial charge in [-0.2, -0.15) is 5.10 Å². The van der Waals surface area contributed by atoms with Crippen LogP contribution in [-0.2, 0) is 17.9 Å². The zero-order valence-corrected chi connectivity index (χ0v) is 20.6. The number of rotatable bonds is 7. The van der Waals surface area contributed by atoms with E-state index in [0.717, 1.165) is 23.2 Å². The highest BCUT2D eigenvalue weighted by atomic mass is 16.2. The summed E-state index contributed by atoms with van der Waals surface area (Å²) in [7, 11) is 0. The van der Waals surface area contributed by atoms with E-state index in [-0.39, 0.29) is 18.0 Å². The number of amides is 1. The third kappa shape index (κ3) is 4.47. The monoisotopic (exact) mass is 471 g/mol. The van der Waals surface area contributed by atoms with Gasteiger partial charge >= 0.3 is 0 Å². The van der Waals surface area contributed by atoms with E-state index < -0.39 is 0 Å². The third-order valence-corrected chi connectivity index (χ3v) is 8.33. The van der Waals surface area contributed by atoms with Crippen molar-refractivity contribution in [3.8, 4) is 11.1 Å². The summed E-state index contributed by atoms with van der Waals surface area (Å²) >= 11 is 0. The van der Waals surface area contributed by atoms with Gasteiger partial charge in [0.1, 0.15) is 6.54 Å². The van der Waals surface area contributed by atoms with E-state index >= 15 is 0 Å². The molecule has 0 radical (unpaired) electrons. The zero-order chi connectivity index (χ0) is 24.6. The van der Waals surface area contributed by atoms with E-state index in [1.165, 1.54) is 11.1 Å². The predicted octanol–water partition coefficient (Wildman–Crippen LogP) is 4.10. The SMILES string of the molecule is C[C@H]1[C@H]2C[C@H](C[C@H]1Nc1cnn(CC(=O)NCc3ccncc3)c(=O)c1-c1ccccc1)C2(C)C. The van der Waals surface area contributed by atoms with Crippen molar-refractivity contribution < 1.29 is 4.79 Å². The summed E-state index contributed by atoms with van der Waals surface area (Å²) in [5.41, 5.74) is 3.20. The number of nitrogens with one attached hydrogen (secondary N) is 2. The molecular formula is C28H33N5O2. The molecule has 3 aromatic rings. The van der Waals surface area contributed by atoms with Crippen molar-refractivity contribution in [2.24, 2.45) is 23.2 Å². The van der Waals surface area contributed by atoms with Crippen molar-refractivity contribution in [1.29, 1.82) is 0 Å². The highest BCUT2D eigenvalue weighted by Gasteiger charge is 2.56. The highest BCUT2D eigenvalue weighted by Crippen LogP contribution is 2.61. The van der Waals surface area contributed by atoms with E-state index in [1.54, 1.807) is 18.6 Å². The lowest BCUT2D eigenvalue weighted by atomic mass is 9.45. The Hall–Kier alpha value is -3.48. The van der Waals surface area contributed by atoms with Crippen LogP contribution in [0.15, 0.2) is 65.8 Å². The number of nitrogens with zero attached hydrogens (tertiary/aromatic N) is 3. The van der Waals surface area contributed by atoms with E-state index in [4.69, 9.17) is 0 Å². The van der Waals surface area contributed by atoms with Gasteiger partial charge in [0.25, 0.3) is 5.56 Å². The van der Waals surface area contributed by atoms with Crippen LogP contribution in [0.3, 0.4) is 0 Å². The quantitative estimate of drug-likeness (QED) is 0.542. The molecule has 4 atom stereocenters. The average molecular weight is 472 g/mol. The molecule has 2 aromatic heterocycles. The maximum absolute atomic E-state index is 13.6. The number of hydrogen-bond acceptors (Lipinski definition) is 5. The second-order valence-electron chi connectivity index (χ2n) is 10.6. The van der Waals surface area contributed by atoms with Crippen molar-refractivity contribution in [3.63, 3.8) is 0 Å². The number of pyridine rings is 1. The minimum atomic E-state index is -0.269. The predicted molar refractivity (Wildman–Crippen MR) is 137 cm³/mol. The summed E-state index contributed by atoms with van der Waals surface area (Å²) in [5, 5.41) is 10.9. The Labute approximate surface area is 206 Å². The number of benzene rings is 1. The molecule has 7 heteroatoms. The van der Waals surface area contributed by atoms with Crippen molar-refractivity contribution in [1.82, 2.24) is 20.1 Å². The fraction of sp³-hybridized carbons (Fsp3) is 0.429. The molecule has 3 aliphatic carbocycles. The lowest BCUT2D eigenvalue weighted by Crippen LogP contribution is -2.58. The van der Waals surface area contributed by atoms with Crippen LogP contribution in [0.4, 0.5) is 5.69 Å². The van der Waals surface area contributed by atoms with Crippen LogP contribution >= 0.6 is 0 Å². The second-order valence-corrected chi connectivity index (χ2v) is 10.6. The highest BCUT2D eigenvalue weighted by molar-refractivity contribution is 5.78. The standard InChI is InChI=1S/C28H33N5O2/c1-18-22-13-21(28(22,2)3)14-23(18)32-24-16-31-33(27(35)26(24)20-7-5-4-6-8-20)17-25(34)30-15-19-9-11-29-12-10-19/h4-12,16,18,21-23,32H,13-15,17H2,1-3H3,(H,30,34)/t18-,21+,22+,23+/m0/s1. The van der Waals surface area contributed by atoms with Gasteiger partial charge in [-0.25, -0.2) is 4.68 Å². The van der Waals surface area contributed by atoms with Gasteiger partial charge in [-0.3, -0.25) is 14.6 Å². The van der Waals surface area contributed by atoms with E-state index in [0.29, 0.717) is 41.3 Å². The fourth-order valence-corrected chi connectivity index (χ4v) is 6.03. The van der Waals surface area contributed by atoms with E-state index in [2.05, 4.69) is 41.5 Å². The molecule has 0 aliphatic heterocycles. The van der Waals surface area contributed by atoms with Crippen molar-refractivity contribution in [3.05, 3.63) is 77.0 Å². The molecule has 3 fully saturated rings. The van der Waals surface area contributed by atoms with Gasteiger partial charge in [0, 0.05) is 25.0 Å². The minimum Gasteiger partial charge on any atom is -0.380 e. The number of fused-ring (bicyclic) bond motifs is 2. The number of carbonyl (C=O) groups excluding carboxylic acids is 1. The summed E-state index contributed by atoms with van der Waals surface area (Å²) in [6.45, 7) is 7.33. The lowest BCUT2D eigenvalue weighted by molar-refractivity contribution is -0.122. The van der Waals surface area contributed by atoms with Gasteiger partial charge in [0.15, 0.2) is 0 Å².